The van der Waals surface area contributed by atoms with Crippen LogP contribution in [0.15, 0.2) is 24.5 Å². The van der Waals surface area contributed by atoms with Crippen LogP contribution in [0, 0.1) is 5.92 Å². The van der Waals surface area contributed by atoms with Gasteiger partial charge in [0, 0.05) is 43.8 Å². The topological polar surface area (TPSA) is 74.3 Å². The van der Waals surface area contributed by atoms with Crippen molar-refractivity contribution in [3.63, 3.8) is 0 Å². The number of hydrogen-bond acceptors (Lipinski definition) is 4. The van der Waals surface area contributed by atoms with Crippen LogP contribution in [0.1, 0.15) is 44.9 Å². The third-order valence-corrected chi connectivity index (χ3v) is 5.34. The number of piperidine rings is 1. The molecule has 2 N–H and O–H groups in total. The fourth-order valence-electron chi connectivity index (χ4n) is 3.77. The highest BCUT2D eigenvalue weighted by Crippen LogP contribution is 2.22. The molecule has 136 valence electrons. The third kappa shape index (κ3) is 5.18. The molecule has 2 amide bonds. The van der Waals surface area contributed by atoms with E-state index in [4.69, 9.17) is 0 Å². The summed E-state index contributed by atoms with van der Waals surface area (Å²) in [5.74, 6) is -0.521. The van der Waals surface area contributed by atoms with E-state index in [1.165, 1.54) is 12.1 Å². The zero-order chi connectivity index (χ0) is 17.5. The number of pyridine rings is 1. The first-order valence-electron chi connectivity index (χ1n) is 9.46. The minimum Gasteiger partial charge on any atom is -0.371 e. The van der Waals surface area contributed by atoms with Gasteiger partial charge in [-0.3, -0.25) is 14.6 Å². The van der Waals surface area contributed by atoms with E-state index in [1.807, 2.05) is 24.5 Å². The maximum atomic E-state index is 12.0. The molecule has 25 heavy (non-hydrogen) atoms. The molecule has 0 radical (unpaired) electrons. The predicted octanol–water partition coefficient (Wildman–Crippen LogP) is 1.86. The Morgan fingerprint density at radius 1 is 1.00 bits per heavy atom. The fourth-order valence-corrected chi connectivity index (χ4v) is 3.77. The minimum atomic E-state index is -0.484. The molecular weight excluding hydrogens is 316 g/mol. The summed E-state index contributed by atoms with van der Waals surface area (Å²) in [4.78, 5) is 30.4. The number of rotatable bonds is 4. The molecule has 1 saturated carbocycles. The summed E-state index contributed by atoms with van der Waals surface area (Å²) in [6.07, 6.45) is 11.2. The van der Waals surface area contributed by atoms with Crippen LogP contribution in [0.4, 0.5) is 5.69 Å². The second-order valence-corrected chi connectivity index (χ2v) is 7.15. The van der Waals surface area contributed by atoms with Crippen molar-refractivity contribution in [2.24, 2.45) is 5.92 Å². The van der Waals surface area contributed by atoms with Crippen LogP contribution >= 0.6 is 0 Å². The molecule has 0 atom stereocenters. The van der Waals surface area contributed by atoms with Gasteiger partial charge < -0.3 is 15.5 Å². The molecule has 6 heteroatoms. The Morgan fingerprint density at radius 3 is 2.36 bits per heavy atom. The molecule has 1 aromatic heterocycles. The third-order valence-electron chi connectivity index (χ3n) is 5.34. The Labute approximate surface area is 149 Å². The minimum absolute atomic E-state index is 0.176. The number of anilines is 1. The molecule has 0 spiro atoms. The Balaban J connectivity index is 1.36. The van der Waals surface area contributed by atoms with Gasteiger partial charge in [0.2, 0.25) is 0 Å². The van der Waals surface area contributed by atoms with E-state index in [0.717, 1.165) is 51.6 Å². The Kier molecular flexibility index (Phi) is 6.25. The van der Waals surface area contributed by atoms with Gasteiger partial charge in [0.15, 0.2) is 0 Å². The summed E-state index contributed by atoms with van der Waals surface area (Å²) in [5.41, 5.74) is 1.20. The van der Waals surface area contributed by atoms with Gasteiger partial charge in [0.1, 0.15) is 0 Å². The van der Waals surface area contributed by atoms with Crippen LogP contribution in [-0.4, -0.2) is 42.5 Å². The van der Waals surface area contributed by atoms with Gasteiger partial charge in [-0.05, 0) is 43.7 Å². The molecule has 0 aromatic carbocycles. The number of hydrogen-bond donors (Lipinski definition) is 2. The number of nitrogens with zero attached hydrogens (tertiary/aromatic N) is 2. The average Bonchev–Trinajstić information content (AvgIpc) is 2.68. The zero-order valence-corrected chi connectivity index (χ0v) is 14.7. The smallest absolute Gasteiger partial charge is 0.309 e. The number of aromatic nitrogens is 1. The molecule has 2 fully saturated rings. The van der Waals surface area contributed by atoms with E-state index < -0.39 is 11.8 Å². The second-order valence-electron chi connectivity index (χ2n) is 7.15. The lowest BCUT2D eigenvalue weighted by atomic mass is 9.95. The SMILES string of the molecule is O=C(NCC1CCN(c2ccncc2)CC1)C(=O)NC1CCCCC1. The Bertz CT molecular complexity index is 564. The standard InChI is InChI=1S/C19H28N4O2/c24-18(19(25)22-16-4-2-1-3-5-16)21-14-15-8-12-23(13-9-15)17-6-10-20-11-7-17/h6-7,10-11,15-16H,1-5,8-9,12-14H2,(H,21,24)(H,22,25). The molecule has 0 bridgehead atoms. The van der Waals surface area contributed by atoms with Crippen molar-refractivity contribution in [3.05, 3.63) is 24.5 Å². The summed E-state index contributed by atoms with van der Waals surface area (Å²) in [6.45, 7) is 2.53. The molecule has 2 heterocycles. The first-order chi connectivity index (χ1) is 12.2. The van der Waals surface area contributed by atoms with Crippen molar-refractivity contribution >= 4 is 17.5 Å². The van der Waals surface area contributed by atoms with E-state index in [2.05, 4.69) is 20.5 Å². The maximum absolute atomic E-state index is 12.0. The van der Waals surface area contributed by atoms with Crippen LogP contribution in [0.3, 0.4) is 0 Å². The summed E-state index contributed by atoms with van der Waals surface area (Å²) in [7, 11) is 0. The van der Waals surface area contributed by atoms with Crippen molar-refractivity contribution in [1.82, 2.24) is 15.6 Å². The lowest BCUT2D eigenvalue weighted by Gasteiger charge is -2.33. The van der Waals surface area contributed by atoms with Crippen molar-refractivity contribution in [2.75, 3.05) is 24.5 Å². The molecule has 1 aromatic rings. The monoisotopic (exact) mass is 344 g/mol. The molecule has 6 nitrogen and oxygen atoms in total. The van der Waals surface area contributed by atoms with Gasteiger partial charge in [-0.2, -0.15) is 0 Å². The quantitative estimate of drug-likeness (QED) is 0.818. The van der Waals surface area contributed by atoms with Crippen LogP contribution in [0.2, 0.25) is 0 Å². The molecular formula is C19H28N4O2. The van der Waals surface area contributed by atoms with Gasteiger partial charge in [-0.1, -0.05) is 19.3 Å². The first kappa shape index (κ1) is 17.7. The summed E-state index contributed by atoms with van der Waals surface area (Å²) < 4.78 is 0. The summed E-state index contributed by atoms with van der Waals surface area (Å²) in [5, 5.41) is 5.69. The molecule has 1 aliphatic carbocycles. The van der Waals surface area contributed by atoms with Crippen molar-refractivity contribution in [3.8, 4) is 0 Å². The van der Waals surface area contributed by atoms with Gasteiger partial charge in [-0.15, -0.1) is 0 Å². The molecule has 3 rings (SSSR count). The van der Waals surface area contributed by atoms with Gasteiger partial charge in [-0.25, -0.2) is 0 Å². The lowest BCUT2D eigenvalue weighted by Crippen LogP contribution is -2.47. The second kappa shape index (κ2) is 8.83. The summed E-state index contributed by atoms with van der Waals surface area (Å²) >= 11 is 0. The van der Waals surface area contributed by atoms with Crippen LogP contribution < -0.4 is 15.5 Å². The van der Waals surface area contributed by atoms with E-state index in [0.29, 0.717) is 12.5 Å². The average molecular weight is 344 g/mol. The number of carbonyl (C=O) groups excluding carboxylic acids is 2. The Hall–Kier alpha value is -2.11. The highest BCUT2D eigenvalue weighted by molar-refractivity contribution is 6.35. The van der Waals surface area contributed by atoms with Crippen LogP contribution in [0.25, 0.3) is 0 Å². The largest absolute Gasteiger partial charge is 0.371 e. The van der Waals surface area contributed by atoms with Gasteiger partial charge >= 0.3 is 11.8 Å². The highest BCUT2D eigenvalue weighted by Gasteiger charge is 2.23. The number of carbonyl (C=O) groups is 2. The molecule has 1 aliphatic heterocycles. The van der Waals surface area contributed by atoms with Crippen molar-refractivity contribution in [2.45, 2.75) is 51.0 Å². The maximum Gasteiger partial charge on any atom is 0.309 e. The molecule has 1 saturated heterocycles. The van der Waals surface area contributed by atoms with Crippen LogP contribution in [0.5, 0.6) is 0 Å². The number of amides is 2. The summed E-state index contributed by atoms with van der Waals surface area (Å²) in [6, 6.07) is 4.23. The highest BCUT2D eigenvalue weighted by atomic mass is 16.2. The lowest BCUT2D eigenvalue weighted by molar-refractivity contribution is -0.139. The normalized spacial score (nSPS) is 19.4. The fraction of sp³-hybridized carbons (Fsp3) is 0.632. The molecule has 2 aliphatic rings. The number of nitrogens with one attached hydrogen (secondary N) is 2. The van der Waals surface area contributed by atoms with Gasteiger partial charge in [0.25, 0.3) is 0 Å². The Morgan fingerprint density at radius 2 is 1.68 bits per heavy atom. The van der Waals surface area contributed by atoms with E-state index in [1.54, 1.807) is 0 Å². The molecule has 0 unspecified atom stereocenters. The first-order valence-corrected chi connectivity index (χ1v) is 9.46. The van der Waals surface area contributed by atoms with E-state index in [-0.39, 0.29) is 6.04 Å². The van der Waals surface area contributed by atoms with Crippen LogP contribution in [-0.2, 0) is 9.59 Å². The van der Waals surface area contributed by atoms with E-state index in [9.17, 15) is 9.59 Å². The van der Waals surface area contributed by atoms with E-state index >= 15 is 0 Å². The van der Waals surface area contributed by atoms with Crippen molar-refractivity contribution < 1.29 is 9.59 Å². The van der Waals surface area contributed by atoms with Crippen molar-refractivity contribution in [1.29, 1.82) is 0 Å². The predicted molar refractivity (Wildman–Crippen MR) is 97.2 cm³/mol. The van der Waals surface area contributed by atoms with Gasteiger partial charge in [0.05, 0.1) is 0 Å². The zero-order valence-electron chi connectivity index (χ0n) is 14.7.